The Morgan fingerprint density at radius 3 is 2.40 bits per heavy atom. The van der Waals surface area contributed by atoms with Gasteiger partial charge in [0.2, 0.25) is 0 Å². The van der Waals surface area contributed by atoms with E-state index < -0.39 is 44.7 Å². The second-order valence-electron chi connectivity index (χ2n) is 7.40. The second kappa shape index (κ2) is 10.8. The van der Waals surface area contributed by atoms with Crippen LogP contribution < -0.4 is 4.90 Å². The minimum absolute atomic E-state index is 0.401. The summed E-state index contributed by atoms with van der Waals surface area (Å²) in [7, 11) is -16.0. The average Bonchev–Trinajstić information content (AvgIpc) is 3.39. The molecule has 4 atom stereocenters. The summed E-state index contributed by atoms with van der Waals surface area (Å²) in [5.74, 6) is 0.688. The maximum absolute atomic E-state index is 12.2. The Balaban J connectivity index is 1.67. The van der Waals surface area contributed by atoms with Gasteiger partial charge in [-0.25, -0.2) is 23.8 Å². The number of ether oxygens (including phenoxy) is 1. The number of fused-ring (bicyclic) bond motifs is 1. The summed E-state index contributed by atoms with van der Waals surface area (Å²) in [5, 5.41) is 0. The zero-order valence-electron chi connectivity index (χ0n) is 18.4. The quantitative estimate of drug-likeness (QED) is 0.198. The Hall–Kier alpha value is -0.280. The number of nitrogens with zero attached hydrogens (tertiary/aromatic N) is 5. The van der Waals surface area contributed by atoms with E-state index in [1.807, 2.05) is 18.7 Å². The fourth-order valence-electron chi connectivity index (χ4n) is 3.37. The molecule has 20 heteroatoms. The zero-order valence-corrected chi connectivity index (χ0v) is 24.3. The molecule has 0 aliphatic carbocycles. The highest BCUT2D eigenvalue weighted by molar-refractivity contribution is 9.29. The molecule has 0 amide bonds. The molecule has 3 rings (SSSR count). The summed E-state index contributed by atoms with van der Waals surface area (Å²) in [6, 6.07) is 0. The number of imidazole rings is 1. The third kappa shape index (κ3) is 6.24. The molecule has 4 N–H and O–H groups in total. The van der Waals surface area contributed by atoms with Crippen LogP contribution in [0.5, 0.6) is 0 Å². The number of phosphoric acid groups is 1. The highest BCUT2D eigenvalue weighted by Gasteiger charge is 2.61. The lowest BCUT2D eigenvalue weighted by Crippen LogP contribution is -2.23. The van der Waals surface area contributed by atoms with Gasteiger partial charge >= 0.3 is 23.0 Å². The molecule has 3 heterocycles. The van der Waals surface area contributed by atoms with Crippen LogP contribution in [-0.4, -0.2) is 67.6 Å². The lowest BCUT2D eigenvalue weighted by atomic mass is 10.2. The summed E-state index contributed by atoms with van der Waals surface area (Å²) in [6.45, 7) is 4.97. The Kier molecular flexibility index (Phi) is 9.06. The molecule has 15 nitrogen and oxygen atoms in total. The molecule has 35 heavy (non-hydrogen) atoms. The summed E-state index contributed by atoms with van der Waals surface area (Å²) >= 11 is 4.70. The number of alkyl halides is 2. The smallest absolute Gasteiger partial charge is 0.355 e. The molecule has 1 saturated heterocycles. The number of rotatable bonds is 11. The van der Waals surface area contributed by atoms with Crippen molar-refractivity contribution in [2.75, 3.05) is 24.6 Å². The number of aromatic nitrogens is 4. The molecule has 0 bridgehead atoms. The van der Waals surface area contributed by atoms with Crippen LogP contribution in [0, 0.1) is 0 Å². The van der Waals surface area contributed by atoms with Crippen LogP contribution >= 0.6 is 54.9 Å². The number of hydrogen-bond donors (Lipinski definition) is 4. The minimum atomic E-state index is -5.44. The third-order valence-corrected chi connectivity index (χ3v) is 15.7. The van der Waals surface area contributed by atoms with Crippen molar-refractivity contribution in [3.63, 3.8) is 0 Å². The topological polar surface area (TPSA) is 207 Å². The standard InChI is InChI=1S/C15H24Br2N5O10P3/c1-3-21(4-2)13-12-14(19-8-18-13)22(9-20-12)11-6-5-10(31-11)7-30-35(28,29)32-34(26,27)15(16,17)33(23,24)25/h8-11H,3-7H2,1-2H3,(H,26,27)(H,28,29)(H2,23,24,25)/t10-,11+/m0/s1. The Morgan fingerprint density at radius 1 is 1.14 bits per heavy atom. The molecule has 198 valence electrons. The van der Waals surface area contributed by atoms with E-state index in [2.05, 4.69) is 51.1 Å². The van der Waals surface area contributed by atoms with E-state index in [1.54, 1.807) is 10.9 Å². The van der Waals surface area contributed by atoms with E-state index in [4.69, 9.17) is 9.26 Å². The Bertz CT molecular complexity index is 1210. The van der Waals surface area contributed by atoms with Crippen LogP contribution in [0.4, 0.5) is 5.82 Å². The highest BCUT2D eigenvalue weighted by atomic mass is 79.9. The molecular weight excluding hydrogens is 663 g/mol. The molecule has 0 radical (unpaired) electrons. The molecule has 2 unspecified atom stereocenters. The van der Waals surface area contributed by atoms with Gasteiger partial charge in [-0.2, -0.15) is 0 Å². The lowest BCUT2D eigenvalue weighted by molar-refractivity contribution is -0.0202. The predicted molar refractivity (Wildman–Crippen MR) is 131 cm³/mol. The van der Waals surface area contributed by atoms with Crippen molar-refractivity contribution in [3.8, 4) is 0 Å². The van der Waals surface area contributed by atoms with Crippen LogP contribution in [-0.2, 0) is 27.3 Å². The second-order valence-corrected chi connectivity index (χ2v) is 19.0. The molecule has 0 aromatic carbocycles. The molecule has 1 aliphatic rings. The molecule has 0 saturated carbocycles. The lowest BCUT2D eigenvalue weighted by Gasteiger charge is -2.27. The van der Waals surface area contributed by atoms with Crippen LogP contribution in [0.3, 0.4) is 0 Å². The van der Waals surface area contributed by atoms with Crippen LogP contribution in [0.2, 0.25) is 0 Å². The van der Waals surface area contributed by atoms with Gasteiger partial charge in [-0.15, -0.1) is 0 Å². The maximum atomic E-state index is 12.2. The van der Waals surface area contributed by atoms with E-state index in [0.29, 0.717) is 29.8 Å². The van der Waals surface area contributed by atoms with Gasteiger partial charge in [0, 0.05) is 13.1 Å². The minimum Gasteiger partial charge on any atom is -0.355 e. The first-order chi connectivity index (χ1) is 16.1. The van der Waals surface area contributed by atoms with E-state index in [9.17, 15) is 33.3 Å². The zero-order chi connectivity index (χ0) is 26.2. The largest absolute Gasteiger partial charge is 0.479 e. The summed E-state index contributed by atoms with van der Waals surface area (Å²) in [6.07, 6.45) is 2.69. The van der Waals surface area contributed by atoms with E-state index >= 15 is 0 Å². The van der Waals surface area contributed by atoms with Gasteiger partial charge in [-0.1, -0.05) is 0 Å². The van der Waals surface area contributed by atoms with Crippen molar-refractivity contribution in [2.45, 2.75) is 41.7 Å². The van der Waals surface area contributed by atoms with Gasteiger partial charge in [0.05, 0.1) is 19.0 Å². The van der Waals surface area contributed by atoms with Gasteiger partial charge < -0.3 is 29.2 Å². The number of anilines is 1. The highest BCUT2D eigenvalue weighted by Crippen LogP contribution is 2.81. The van der Waals surface area contributed by atoms with Crippen molar-refractivity contribution in [1.82, 2.24) is 19.5 Å². The first kappa shape index (κ1) is 29.3. The normalized spacial score (nSPS) is 22.7. The number of phosphoric ester groups is 1. The molecule has 2 aromatic rings. The summed E-state index contributed by atoms with van der Waals surface area (Å²) in [4.78, 5) is 53.2. The van der Waals surface area contributed by atoms with Crippen LogP contribution in [0.25, 0.3) is 11.2 Å². The number of hydrogen-bond acceptors (Lipinski definition) is 10. The SMILES string of the molecule is CCN(CC)c1ncnc2c1ncn2[C@H]1CC[C@@H](COP(=O)(O)OP(=O)(O)C(Br)(Br)P(=O)(O)O)O1. The van der Waals surface area contributed by atoms with Gasteiger partial charge in [0.1, 0.15) is 12.6 Å². The molecule has 1 aliphatic heterocycles. The number of halogens is 2. The van der Waals surface area contributed by atoms with E-state index in [1.165, 1.54) is 6.33 Å². The first-order valence-electron chi connectivity index (χ1n) is 10.2. The van der Waals surface area contributed by atoms with E-state index in [0.717, 1.165) is 13.1 Å². The van der Waals surface area contributed by atoms with Crippen molar-refractivity contribution in [1.29, 1.82) is 0 Å². The summed E-state index contributed by atoms with van der Waals surface area (Å²) < 4.78 is 49.4. The summed E-state index contributed by atoms with van der Waals surface area (Å²) in [5.41, 5.74) is 1.15. The van der Waals surface area contributed by atoms with Gasteiger partial charge in [-0.05, 0) is 58.5 Å². The molecule has 1 fully saturated rings. The van der Waals surface area contributed by atoms with Crippen LogP contribution in [0.15, 0.2) is 12.7 Å². The van der Waals surface area contributed by atoms with Gasteiger partial charge in [0.15, 0.2) is 17.0 Å². The van der Waals surface area contributed by atoms with Crippen LogP contribution in [0.1, 0.15) is 32.9 Å². The predicted octanol–water partition coefficient (Wildman–Crippen LogP) is 3.25. The third-order valence-electron chi connectivity index (χ3n) is 5.13. The fourth-order valence-corrected chi connectivity index (χ4v) is 8.24. The van der Waals surface area contributed by atoms with E-state index in [-0.39, 0.29) is 0 Å². The maximum Gasteiger partial charge on any atom is 0.479 e. The fraction of sp³-hybridized carbons (Fsp3) is 0.667. The monoisotopic (exact) mass is 685 g/mol. The van der Waals surface area contributed by atoms with Gasteiger partial charge in [0.25, 0.3) is 2.72 Å². The van der Waals surface area contributed by atoms with Gasteiger partial charge in [-0.3, -0.25) is 18.2 Å². The van der Waals surface area contributed by atoms with Crippen molar-refractivity contribution >= 4 is 71.9 Å². The van der Waals surface area contributed by atoms with Crippen molar-refractivity contribution in [2.24, 2.45) is 0 Å². The average molecular weight is 687 g/mol. The van der Waals surface area contributed by atoms with Crippen molar-refractivity contribution in [3.05, 3.63) is 12.7 Å². The first-order valence-corrected chi connectivity index (χ1v) is 16.4. The molecular formula is C15H24Br2N5O10P3. The Morgan fingerprint density at radius 2 is 1.80 bits per heavy atom. The Labute approximate surface area is 216 Å². The van der Waals surface area contributed by atoms with Crippen molar-refractivity contribution < 1.29 is 46.8 Å². The molecule has 2 aromatic heterocycles. The molecule has 0 spiro atoms.